The minimum Gasteiger partial charge on any atom is -0.326 e. The first-order valence-corrected chi connectivity index (χ1v) is 5.97. The van der Waals surface area contributed by atoms with Crippen LogP contribution in [-0.2, 0) is 13.6 Å². The lowest BCUT2D eigenvalue weighted by atomic mass is 10.1. The zero-order chi connectivity index (χ0) is 11.5. The molecule has 0 amide bonds. The molecule has 0 aliphatic carbocycles. The molecule has 3 nitrogen and oxygen atoms in total. The van der Waals surface area contributed by atoms with Gasteiger partial charge in [-0.1, -0.05) is 30.0 Å². The predicted octanol–water partition coefficient (Wildman–Crippen LogP) is 2.34. The molecule has 1 heterocycles. The standard InChI is InChI=1S/C12H15N3S/c1-9-4-3-5-10(6-13)12(9)16-11-7-14-15(2)8-11/h3-5,7-8H,6,13H2,1-2H3. The number of aromatic nitrogens is 2. The fourth-order valence-corrected chi connectivity index (χ4v) is 2.64. The molecule has 0 aliphatic rings. The average molecular weight is 233 g/mol. The van der Waals surface area contributed by atoms with Crippen LogP contribution in [-0.4, -0.2) is 9.78 Å². The molecule has 2 rings (SSSR count). The summed E-state index contributed by atoms with van der Waals surface area (Å²) in [5.41, 5.74) is 8.19. The molecular formula is C12H15N3S. The van der Waals surface area contributed by atoms with E-state index in [1.54, 1.807) is 11.8 Å². The molecular weight excluding hydrogens is 218 g/mol. The monoisotopic (exact) mass is 233 g/mol. The summed E-state index contributed by atoms with van der Waals surface area (Å²) in [6.07, 6.45) is 3.88. The molecule has 0 saturated carbocycles. The molecule has 0 fully saturated rings. The lowest BCUT2D eigenvalue weighted by Gasteiger charge is -2.09. The third-order valence-corrected chi connectivity index (χ3v) is 3.65. The van der Waals surface area contributed by atoms with Crippen molar-refractivity contribution in [3.05, 3.63) is 41.7 Å². The van der Waals surface area contributed by atoms with Crippen LogP contribution in [0.5, 0.6) is 0 Å². The molecule has 2 aromatic rings. The number of rotatable bonds is 3. The minimum atomic E-state index is 0.574. The Hall–Kier alpha value is -1.26. The molecule has 0 aliphatic heterocycles. The van der Waals surface area contributed by atoms with Crippen molar-refractivity contribution in [2.45, 2.75) is 23.3 Å². The van der Waals surface area contributed by atoms with Gasteiger partial charge in [0.15, 0.2) is 0 Å². The maximum Gasteiger partial charge on any atom is 0.0629 e. The molecule has 0 unspecified atom stereocenters. The Morgan fingerprint density at radius 2 is 2.25 bits per heavy atom. The Morgan fingerprint density at radius 1 is 1.44 bits per heavy atom. The van der Waals surface area contributed by atoms with E-state index in [9.17, 15) is 0 Å². The summed E-state index contributed by atoms with van der Waals surface area (Å²) < 4.78 is 1.81. The Labute approximate surface area is 99.7 Å². The van der Waals surface area contributed by atoms with Gasteiger partial charge in [-0.3, -0.25) is 4.68 Å². The molecule has 2 N–H and O–H groups in total. The fraction of sp³-hybridized carbons (Fsp3) is 0.250. The summed E-state index contributed by atoms with van der Waals surface area (Å²) >= 11 is 1.72. The molecule has 0 atom stereocenters. The SMILES string of the molecule is Cc1cccc(CN)c1Sc1cnn(C)c1. The van der Waals surface area contributed by atoms with Gasteiger partial charge < -0.3 is 5.73 Å². The smallest absolute Gasteiger partial charge is 0.0629 e. The van der Waals surface area contributed by atoms with Gasteiger partial charge >= 0.3 is 0 Å². The van der Waals surface area contributed by atoms with Crippen molar-refractivity contribution in [1.82, 2.24) is 9.78 Å². The summed E-state index contributed by atoms with van der Waals surface area (Å²) in [5, 5.41) is 4.16. The molecule has 0 radical (unpaired) electrons. The van der Waals surface area contributed by atoms with E-state index in [0.717, 1.165) is 4.90 Å². The third-order valence-electron chi connectivity index (χ3n) is 2.41. The first kappa shape index (κ1) is 11.2. The van der Waals surface area contributed by atoms with Crippen molar-refractivity contribution < 1.29 is 0 Å². The van der Waals surface area contributed by atoms with Gasteiger partial charge in [0.2, 0.25) is 0 Å². The highest BCUT2D eigenvalue weighted by Gasteiger charge is 2.07. The van der Waals surface area contributed by atoms with Gasteiger partial charge in [0.25, 0.3) is 0 Å². The normalized spacial score (nSPS) is 10.7. The second-order valence-corrected chi connectivity index (χ2v) is 4.80. The van der Waals surface area contributed by atoms with Crippen LogP contribution in [0, 0.1) is 6.92 Å². The average Bonchev–Trinajstić information content (AvgIpc) is 2.67. The van der Waals surface area contributed by atoms with E-state index in [0.29, 0.717) is 6.54 Å². The van der Waals surface area contributed by atoms with Gasteiger partial charge in [-0.05, 0) is 18.1 Å². The summed E-state index contributed by atoms with van der Waals surface area (Å²) in [5.74, 6) is 0. The van der Waals surface area contributed by atoms with Crippen molar-refractivity contribution >= 4 is 11.8 Å². The maximum atomic E-state index is 5.74. The Bertz CT molecular complexity index is 491. The van der Waals surface area contributed by atoms with Crippen LogP contribution in [0.15, 0.2) is 40.4 Å². The molecule has 1 aromatic heterocycles. The Balaban J connectivity index is 2.33. The zero-order valence-corrected chi connectivity index (χ0v) is 10.3. The number of benzene rings is 1. The highest BCUT2D eigenvalue weighted by atomic mass is 32.2. The van der Waals surface area contributed by atoms with Crippen LogP contribution < -0.4 is 5.73 Å². The first-order chi connectivity index (χ1) is 7.70. The van der Waals surface area contributed by atoms with Crippen LogP contribution in [0.2, 0.25) is 0 Å². The van der Waals surface area contributed by atoms with E-state index in [2.05, 4.69) is 24.2 Å². The molecule has 16 heavy (non-hydrogen) atoms. The number of hydrogen-bond donors (Lipinski definition) is 1. The van der Waals surface area contributed by atoms with Crippen LogP contribution in [0.4, 0.5) is 0 Å². The van der Waals surface area contributed by atoms with Crippen molar-refractivity contribution in [2.24, 2.45) is 12.8 Å². The maximum absolute atomic E-state index is 5.74. The summed E-state index contributed by atoms with van der Waals surface area (Å²) in [4.78, 5) is 2.39. The fourth-order valence-electron chi connectivity index (χ4n) is 1.59. The van der Waals surface area contributed by atoms with Crippen LogP contribution in [0.1, 0.15) is 11.1 Å². The lowest BCUT2D eigenvalue weighted by Crippen LogP contribution is -1.99. The van der Waals surface area contributed by atoms with Gasteiger partial charge in [0, 0.05) is 24.7 Å². The molecule has 0 bridgehead atoms. The first-order valence-electron chi connectivity index (χ1n) is 5.16. The predicted molar refractivity (Wildman–Crippen MR) is 66.4 cm³/mol. The molecule has 0 spiro atoms. The van der Waals surface area contributed by atoms with E-state index in [4.69, 9.17) is 5.73 Å². The quantitative estimate of drug-likeness (QED) is 0.885. The highest BCUT2D eigenvalue weighted by molar-refractivity contribution is 7.99. The summed E-state index contributed by atoms with van der Waals surface area (Å²) in [7, 11) is 1.92. The molecule has 84 valence electrons. The number of hydrogen-bond acceptors (Lipinski definition) is 3. The van der Waals surface area contributed by atoms with Gasteiger partial charge in [-0.25, -0.2) is 0 Å². The molecule has 4 heteroatoms. The number of aryl methyl sites for hydroxylation is 2. The van der Waals surface area contributed by atoms with Crippen molar-refractivity contribution in [3.63, 3.8) is 0 Å². The lowest BCUT2D eigenvalue weighted by molar-refractivity contribution is 0.766. The van der Waals surface area contributed by atoms with E-state index in [1.165, 1.54) is 16.0 Å². The minimum absolute atomic E-state index is 0.574. The van der Waals surface area contributed by atoms with Crippen LogP contribution >= 0.6 is 11.8 Å². The van der Waals surface area contributed by atoms with Gasteiger partial charge in [-0.2, -0.15) is 5.10 Å². The molecule has 1 aromatic carbocycles. The summed E-state index contributed by atoms with van der Waals surface area (Å²) in [6.45, 7) is 2.68. The molecule has 0 saturated heterocycles. The van der Waals surface area contributed by atoms with E-state index >= 15 is 0 Å². The van der Waals surface area contributed by atoms with Gasteiger partial charge in [-0.15, -0.1) is 0 Å². The van der Waals surface area contributed by atoms with Crippen molar-refractivity contribution in [1.29, 1.82) is 0 Å². The van der Waals surface area contributed by atoms with Gasteiger partial charge in [0.05, 0.1) is 11.1 Å². The van der Waals surface area contributed by atoms with Crippen LogP contribution in [0.3, 0.4) is 0 Å². The van der Waals surface area contributed by atoms with E-state index < -0.39 is 0 Å². The summed E-state index contributed by atoms with van der Waals surface area (Å²) in [6, 6.07) is 6.23. The second-order valence-electron chi connectivity index (χ2n) is 3.72. The zero-order valence-electron chi connectivity index (χ0n) is 9.47. The Kier molecular flexibility index (Phi) is 3.31. The highest BCUT2D eigenvalue weighted by Crippen LogP contribution is 2.32. The largest absolute Gasteiger partial charge is 0.326 e. The van der Waals surface area contributed by atoms with Crippen molar-refractivity contribution in [2.75, 3.05) is 0 Å². The van der Waals surface area contributed by atoms with Gasteiger partial charge in [0.1, 0.15) is 0 Å². The van der Waals surface area contributed by atoms with E-state index in [1.807, 2.05) is 30.2 Å². The van der Waals surface area contributed by atoms with Crippen molar-refractivity contribution in [3.8, 4) is 0 Å². The third kappa shape index (κ3) is 2.28. The van der Waals surface area contributed by atoms with Crippen LogP contribution in [0.25, 0.3) is 0 Å². The second kappa shape index (κ2) is 4.72. The Morgan fingerprint density at radius 3 is 2.88 bits per heavy atom. The van der Waals surface area contributed by atoms with E-state index in [-0.39, 0.29) is 0 Å². The topological polar surface area (TPSA) is 43.8 Å². The number of nitrogens with zero attached hydrogens (tertiary/aromatic N) is 2. The number of nitrogens with two attached hydrogens (primary N) is 1.